The first-order valence-electron chi connectivity index (χ1n) is 8.93. The number of hydrogen-bond acceptors (Lipinski definition) is 3. The van der Waals surface area contributed by atoms with Gasteiger partial charge in [0, 0.05) is 25.3 Å². The molecule has 2 aromatic carbocycles. The van der Waals surface area contributed by atoms with Crippen LogP contribution in [-0.4, -0.2) is 47.2 Å². The molecule has 0 saturated carbocycles. The number of amides is 3. The molecule has 0 atom stereocenters. The number of carbonyl (C=O) groups excluding carboxylic acids is 3. The van der Waals surface area contributed by atoms with Gasteiger partial charge in [-0.05, 0) is 36.6 Å². The van der Waals surface area contributed by atoms with E-state index in [0.29, 0.717) is 19.6 Å². The molecule has 6 nitrogen and oxygen atoms in total. The third-order valence-electron chi connectivity index (χ3n) is 4.62. The fourth-order valence-corrected chi connectivity index (χ4v) is 3.05. The molecule has 27 heavy (non-hydrogen) atoms. The minimum absolute atomic E-state index is 0.128. The van der Waals surface area contributed by atoms with Gasteiger partial charge < -0.3 is 15.1 Å². The second-order valence-electron chi connectivity index (χ2n) is 6.81. The van der Waals surface area contributed by atoms with Crippen LogP contribution < -0.4 is 5.32 Å². The van der Waals surface area contributed by atoms with Gasteiger partial charge in [0.05, 0.1) is 0 Å². The van der Waals surface area contributed by atoms with Gasteiger partial charge in [-0.15, -0.1) is 0 Å². The van der Waals surface area contributed by atoms with Crippen molar-refractivity contribution < 1.29 is 14.4 Å². The predicted octanol–water partition coefficient (Wildman–Crippen LogP) is 2.11. The van der Waals surface area contributed by atoms with E-state index in [1.165, 1.54) is 9.80 Å². The lowest BCUT2D eigenvalue weighted by Gasteiger charge is -2.33. The van der Waals surface area contributed by atoms with Gasteiger partial charge in [0.25, 0.3) is 0 Å². The Kier molecular flexibility index (Phi) is 5.54. The molecule has 0 aliphatic carbocycles. The zero-order valence-corrected chi connectivity index (χ0v) is 15.6. The quantitative estimate of drug-likeness (QED) is 0.825. The average Bonchev–Trinajstić information content (AvgIpc) is 2.65. The SMILES string of the molecule is Cc1ccc(C)c(NC(=O)CN2CCN(Cc3ccccc3)C(=O)C2=O)c1. The second kappa shape index (κ2) is 8.03. The van der Waals surface area contributed by atoms with Crippen LogP contribution in [0, 0.1) is 13.8 Å². The Bertz CT molecular complexity index is 864. The number of benzene rings is 2. The van der Waals surface area contributed by atoms with E-state index in [1.807, 2.05) is 62.4 Å². The highest BCUT2D eigenvalue weighted by Gasteiger charge is 2.33. The fraction of sp³-hybridized carbons (Fsp3) is 0.286. The summed E-state index contributed by atoms with van der Waals surface area (Å²) in [6, 6.07) is 15.3. The van der Waals surface area contributed by atoms with Crippen LogP contribution in [-0.2, 0) is 20.9 Å². The molecule has 1 aliphatic rings. The first-order valence-corrected chi connectivity index (χ1v) is 8.93. The normalized spacial score (nSPS) is 14.4. The zero-order valence-electron chi connectivity index (χ0n) is 15.6. The summed E-state index contributed by atoms with van der Waals surface area (Å²) in [6.07, 6.45) is 0. The molecule has 0 radical (unpaired) electrons. The number of anilines is 1. The van der Waals surface area contributed by atoms with Crippen LogP contribution in [0.2, 0.25) is 0 Å². The van der Waals surface area contributed by atoms with Crippen molar-refractivity contribution in [1.29, 1.82) is 0 Å². The van der Waals surface area contributed by atoms with Crippen LogP contribution in [0.4, 0.5) is 5.69 Å². The van der Waals surface area contributed by atoms with Crippen molar-refractivity contribution >= 4 is 23.4 Å². The lowest BCUT2D eigenvalue weighted by Crippen LogP contribution is -2.55. The van der Waals surface area contributed by atoms with E-state index in [2.05, 4.69) is 5.32 Å². The molecular weight excluding hydrogens is 342 g/mol. The van der Waals surface area contributed by atoms with E-state index in [-0.39, 0.29) is 12.5 Å². The van der Waals surface area contributed by atoms with Crippen molar-refractivity contribution in [1.82, 2.24) is 9.80 Å². The molecule has 140 valence electrons. The molecule has 1 saturated heterocycles. The lowest BCUT2D eigenvalue weighted by atomic mass is 10.1. The van der Waals surface area contributed by atoms with Crippen LogP contribution >= 0.6 is 0 Å². The van der Waals surface area contributed by atoms with Gasteiger partial charge >= 0.3 is 11.8 Å². The van der Waals surface area contributed by atoms with Gasteiger partial charge in [-0.25, -0.2) is 0 Å². The third kappa shape index (κ3) is 4.53. The Balaban J connectivity index is 1.59. The van der Waals surface area contributed by atoms with Crippen LogP contribution in [0.1, 0.15) is 16.7 Å². The molecule has 1 heterocycles. The van der Waals surface area contributed by atoms with Crippen LogP contribution in [0.3, 0.4) is 0 Å². The first-order chi connectivity index (χ1) is 12.9. The minimum atomic E-state index is -0.631. The lowest BCUT2D eigenvalue weighted by molar-refractivity contribution is -0.157. The average molecular weight is 365 g/mol. The maximum atomic E-state index is 12.4. The molecule has 1 fully saturated rings. The van der Waals surface area contributed by atoms with Crippen LogP contribution in [0.25, 0.3) is 0 Å². The molecule has 2 aromatic rings. The van der Waals surface area contributed by atoms with Crippen molar-refractivity contribution in [3.63, 3.8) is 0 Å². The van der Waals surface area contributed by atoms with Crippen molar-refractivity contribution in [3.8, 4) is 0 Å². The summed E-state index contributed by atoms with van der Waals surface area (Å²) in [5, 5.41) is 2.83. The highest BCUT2D eigenvalue weighted by Crippen LogP contribution is 2.17. The predicted molar refractivity (Wildman–Crippen MR) is 103 cm³/mol. The summed E-state index contributed by atoms with van der Waals surface area (Å²) in [5.41, 5.74) is 3.68. The van der Waals surface area contributed by atoms with Gasteiger partial charge in [-0.2, -0.15) is 0 Å². The molecule has 1 N–H and O–H groups in total. The maximum absolute atomic E-state index is 12.4. The summed E-state index contributed by atoms with van der Waals surface area (Å²) in [5.74, 6) is -1.50. The van der Waals surface area contributed by atoms with Crippen molar-refractivity contribution in [3.05, 3.63) is 65.2 Å². The monoisotopic (exact) mass is 365 g/mol. The Labute approximate surface area is 158 Å². The maximum Gasteiger partial charge on any atom is 0.312 e. The van der Waals surface area contributed by atoms with Gasteiger partial charge in [0.2, 0.25) is 5.91 Å². The van der Waals surface area contributed by atoms with E-state index in [1.54, 1.807) is 0 Å². The highest BCUT2D eigenvalue weighted by molar-refractivity contribution is 6.35. The van der Waals surface area contributed by atoms with Crippen LogP contribution in [0.5, 0.6) is 0 Å². The Morgan fingerprint density at radius 1 is 0.963 bits per heavy atom. The van der Waals surface area contributed by atoms with E-state index < -0.39 is 11.8 Å². The topological polar surface area (TPSA) is 69.7 Å². The molecule has 3 amide bonds. The number of aryl methyl sites for hydroxylation is 2. The molecule has 0 unspecified atom stereocenters. The molecule has 6 heteroatoms. The number of rotatable bonds is 5. The zero-order chi connectivity index (χ0) is 19.4. The number of hydrogen-bond donors (Lipinski definition) is 1. The molecule has 1 aliphatic heterocycles. The van der Waals surface area contributed by atoms with Gasteiger partial charge in [0.1, 0.15) is 6.54 Å². The van der Waals surface area contributed by atoms with Crippen LogP contribution in [0.15, 0.2) is 48.5 Å². The largest absolute Gasteiger partial charge is 0.328 e. The highest BCUT2D eigenvalue weighted by atomic mass is 16.2. The van der Waals surface area contributed by atoms with E-state index in [9.17, 15) is 14.4 Å². The van der Waals surface area contributed by atoms with E-state index >= 15 is 0 Å². The minimum Gasteiger partial charge on any atom is -0.328 e. The summed E-state index contributed by atoms with van der Waals surface area (Å²) >= 11 is 0. The van der Waals surface area contributed by atoms with Gasteiger partial charge in [-0.3, -0.25) is 14.4 Å². The Morgan fingerprint density at radius 2 is 1.63 bits per heavy atom. The van der Waals surface area contributed by atoms with Gasteiger partial charge in [-0.1, -0.05) is 42.5 Å². The molecule has 0 spiro atoms. The fourth-order valence-electron chi connectivity index (χ4n) is 3.05. The van der Waals surface area contributed by atoms with Crippen molar-refractivity contribution in [2.75, 3.05) is 25.0 Å². The van der Waals surface area contributed by atoms with Crippen molar-refractivity contribution in [2.45, 2.75) is 20.4 Å². The summed E-state index contributed by atoms with van der Waals surface area (Å²) < 4.78 is 0. The van der Waals surface area contributed by atoms with Gasteiger partial charge in [0.15, 0.2) is 0 Å². The number of nitrogens with zero attached hydrogens (tertiary/aromatic N) is 2. The standard InChI is InChI=1S/C21H23N3O3/c1-15-8-9-16(2)18(12-15)22-19(25)14-24-11-10-23(20(26)21(24)27)13-17-6-4-3-5-7-17/h3-9,12H,10-11,13-14H2,1-2H3,(H,22,25). The molecular formula is C21H23N3O3. The molecule has 0 aromatic heterocycles. The smallest absolute Gasteiger partial charge is 0.312 e. The Hall–Kier alpha value is -3.15. The summed E-state index contributed by atoms with van der Waals surface area (Å²) in [7, 11) is 0. The third-order valence-corrected chi connectivity index (χ3v) is 4.62. The summed E-state index contributed by atoms with van der Waals surface area (Å²) in [4.78, 5) is 39.9. The number of piperazine rings is 1. The molecule has 0 bridgehead atoms. The first kappa shape index (κ1) is 18.6. The molecule has 3 rings (SSSR count). The van der Waals surface area contributed by atoms with Crippen molar-refractivity contribution in [2.24, 2.45) is 0 Å². The Morgan fingerprint density at radius 3 is 2.37 bits per heavy atom. The van der Waals surface area contributed by atoms with E-state index in [4.69, 9.17) is 0 Å². The summed E-state index contributed by atoms with van der Waals surface area (Å²) in [6.45, 7) is 4.88. The number of nitrogens with one attached hydrogen (secondary N) is 1. The second-order valence-corrected chi connectivity index (χ2v) is 6.81. The van der Waals surface area contributed by atoms with E-state index in [0.717, 1.165) is 22.4 Å². The number of carbonyl (C=O) groups is 3.